The van der Waals surface area contributed by atoms with Gasteiger partial charge in [-0.15, -0.1) is 0 Å². The zero-order valence-electron chi connectivity index (χ0n) is 9.53. The van der Waals surface area contributed by atoms with Crippen LogP contribution in [0.2, 0.25) is 0 Å². The standard InChI is InChI=1S/C11H19N3O/c1-8(2)10(7-15-3)14-9-4-5-13-11(12)6-9/h4-6,8,10H,7H2,1-3H3,(H3,12,13,14). The van der Waals surface area contributed by atoms with Crippen LogP contribution in [0.4, 0.5) is 11.5 Å². The molecule has 0 aliphatic heterocycles. The van der Waals surface area contributed by atoms with Crippen LogP contribution >= 0.6 is 0 Å². The van der Waals surface area contributed by atoms with Gasteiger partial charge in [-0.2, -0.15) is 0 Å². The van der Waals surface area contributed by atoms with Crippen molar-refractivity contribution in [3.63, 3.8) is 0 Å². The summed E-state index contributed by atoms with van der Waals surface area (Å²) in [6.45, 7) is 4.99. The first-order valence-corrected chi connectivity index (χ1v) is 5.10. The Labute approximate surface area is 90.8 Å². The van der Waals surface area contributed by atoms with Crippen LogP contribution in [-0.4, -0.2) is 24.7 Å². The molecule has 1 aromatic heterocycles. The average Bonchev–Trinajstić information content (AvgIpc) is 2.17. The van der Waals surface area contributed by atoms with E-state index >= 15 is 0 Å². The summed E-state index contributed by atoms with van der Waals surface area (Å²) >= 11 is 0. The van der Waals surface area contributed by atoms with Crippen molar-refractivity contribution in [2.75, 3.05) is 24.8 Å². The SMILES string of the molecule is COCC(Nc1ccnc(N)c1)C(C)C. The molecule has 0 aromatic carbocycles. The molecular formula is C11H19N3O. The number of hydrogen-bond acceptors (Lipinski definition) is 4. The second kappa shape index (κ2) is 5.56. The van der Waals surface area contributed by atoms with Gasteiger partial charge in [0.25, 0.3) is 0 Å². The van der Waals surface area contributed by atoms with Gasteiger partial charge in [0.2, 0.25) is 0 Å². The molecule has 0 saturated carbocycles. The number of rotatable bonds is 5. The van der Waals surface area contributed by atoms with E-state index in [0.717, 1.165) is 5.69 Å². The minimum absolute atomic E-state index is 0.289. The Morgan fingerprint density at radius 1 is 1.53 bits per heavy atom. The first-order chi connectivity index (χ1) is 7.13. The third-order valence-electron chi connectivity index (χ3n) is 2.28. The predicted octanol–water partition coefficient (Wildman–Crippen LogP) is 1.75. The number of anilines is 2. The van der Waals surface area contributed by atoms with Crippen LogP contribution in [0.5, 0.6) is 0 Å². The second-order valence-corrected chi connectivity index (χ2v) is 3.92. The number of nitrogens with two attached hydrogens (primary N) is 1. The minimum Gasteiger partial charge on any atom is -0.384 e. The summed E-state index contributed by atoms with van der Waals surface area (Å²) < 4.78 is 5.16. The molecule has 0 bridgehead atoms. The molecule has 0 aliphatic rings. The van der Waals surface area contributed by atoms with E-state index in [9.17, 15) is 0 Å². The predicted molar refractivity (Wildman–Crippen MR) is 62.8 cm³/mol. The third kappa shape index (κ3) is 3.75. The van der Waals surface area contributed by atoms with Gasteiger partial charge in [0.1, 0.15) is 5.82 Å². The number of methoxy groups -OCH3 is 1. The lowest BCUT2D eigenvalue weighted by molar-refractivity contribution is 0.171. The Kier molecular flexibility index (Phi) is 4.37. The van der Waals surface area contributed by atoms with Gasteiger partial charge in [0.05, 0.1) is 12.6 Å². The maximum absolute atomic E-state index is 5.60. The van der Waals surface area contributed by atoms with Crippen LogP contribution in [0.1, 0.15) is 13.8 Å². The van der Waals surface area contributed by atoms with Crippen molar-refractivity contribution in [1.82, 2.24) is 4.98 Å². The summed E-state index contributed by atoms with van der Waals surface area (Å²) in [5.41, 5.74) is 6.59. The van der Waals surface area contributed by atoms with Crippen molar-refractivity contribution in [1.29, 1.82) is 0 Å². The summed E-state index contributed by atoms with van der Waals surface area (Å²) in [7, 11) is 1.71. The van der Waals surface area contributed by atoms with Crippen LogP contribution < -0.4 is 11.1 Å². The zero-order valence-corrected chi connectivity index (χ0v) is 9.53. The molecule has 1 aromatic rings. The molecule has 0 radical (unpaired) electrons. The Morgan fingerprint density at radius 2 is 2.27 bits per heavy atom. The Morgan fingerprint density at radius 3 is 2.80 bits per heavy atom. The molecule has 0 fully saturated rings. The lowest BCUT2D eigenvalue weighted by Crippen LogP contribution is -2.30. The zero-order chi connectivity index (χ0) is 11.3. The largest absolute Gasteiger partial charge is 0.384 e. The van der Waals surface area contributed by atoms with Gasteiger partial charge >= 0.3 is 0 Å². The molecule has 84 valence electrons. The summed E-state index contributed by atoms with van der Waals surface area (Å²) in [6, 6.07) is 4.02. The fraction of sp³-hybridized carbons (Fsp3) is 0.545. The van der Waals surface area contributed by atoms with Crippen LogP contribution in [-0.2, 0) is 4.74 Å². The third-order valence-corrected chi connectivity index (χ3v) is 2.28. The molecule has 0 amide bonds. The number of hydrogen-bond donors (Lipinski definition) is 2. The highest BCUT2D eigenvalue weighted by atomic mass is 16.5. The van der Waals surface area contributed by atoms with Gasteiger partial charge in [-0.3, -0.25) is 0 Å². The molecule has 3 N–H and O–H groups in total. The monoisotopic (exact) mass is 209 g/mol. The topological polar surface area (TPSA) is 60.2 Å². The van der Waals surface area contributed by atoms with E-state index in [2.05, 4.69) is 24.1 Å². The quantitative estimate of drug-likeness (QED) is 0.775. The smallest absolute Gasteiger partial charge is 0.125 e. The highest BCUT2D eigenvalue weighted by Crippen LogP contribution is 2.14. The summed E-state index contributed by atoms with van der Waals surface area (Å²) in [4.78, 5) is 3.94. The number of aromatic nitrogens is 1. The highest BCUT2D eigenvalue weighted by Gasteiger charge is 2.12. The van der Waals surface area contributed by atoms with Crippen molar-refractivity contribution in [3.8, 4) is 0 Å². The summed E-state index contributed by atoms with van der Waals surface area (Å²) in [5.74, 6) is 1.03. The molecule has 0 aliphatic carbocycles. The average molecular weight is 209 g/mol. The number of ether oxygens (including phenoxy) is 1. The molecule has 15 heavy (non-hydrogen) atoms. The van der Waals surface area contributed by atoms with Crippen LogP contribution in [0.15, 0.2) is 18.3 Å². The van der Waals surface area contributed by atoms with E-state index < -0.39 is 0 Å². The van der Waals surface area contributed by atoms with E-state index in [-0.39, 0.29) is 6.04 Å². The van der Waals surface area contributed by atoms with Crippen molar-refractivity contribution >= 4 is 11.5 Å². The number of nitrogens with zero attached hydrogens (tertiary/aromatic N) is 1. The highest BCUT2D eigenvalue weighted by molar-refractivity contribution is 5.50. The van der Waals surface area contributed by atoms with Gasteiger partial charge in [-0.1, -0.05) is 13.8 Å². The summed E-state index contributed by atoms with van der Waals surface area (Å²) in [5, 5.41) is 3.38. The molecule has 1 atom stereocenters. The maximum Gasteiger partial charge on any atom is 0.125 e. The van der Waals surface area contributed by atoms with Gasteiger partial charge in [-0.05, 0) is 12.0 Å². The molecule has 1 rings (SSSR count). The van der Waals surface area contributed by atoms with Crippen LogP contribution in [0.3, 0.4) is 0 Å². The number of pyridine rings is 1. The van der Waals surface area contributed by atoms with E-state index in [1.54, 1.807) is 13.3 Å². The molecule has 4 heteroatoms. The molecule has 0 saturated heterocycles. The number of nitrogens with one attached hydrogen (secondary N) is 1. The van der Waals surface area contributed by atoms with Crippen molar-refractivity contribution in [3.05, 3.63) is 18.3 Å². The number of nitrogen functional groups attached to an aromatic ring is 1. The first kappa shape index (κ1) is 11.8. The summed E-state index contributed by atoms with van der Waals surface area (Å²) in [6.07, 6.45) is 1.70. The first-order valence-electron chi connectivity index (χ1n) is 5.10. The van der Waals surface area contributed by atoms with Crippen LogP contribution in [0.25, 0.3) is 0 Å². The Bertz CT molecular complexity index is 302. The molecule has 1 unspecified atom stereocenters. The van der Waals surface area contributed by atoms with E-state index in [1.807, 2.05) is 12.1 Å². The molecule has 1 heterocycles. The van der Waals surface area contributed by atoms with Crippen molar-refractivity contribution in [2.24, 2.45) is 5.92 Å². The van der Waals surface area contributed by atoms with Gasteiger partial charge in [0.15, 0.2) is 0 Å². The Hall–Kier alpha value is -1.29. The Balaban J connectivity index is 2.65. The fourth-order valence-electron chi connectivity index (χ4n) is 1.33. The fourth-order valence-corrected chi connectivity index (χ4v) is 1.33. The lowest BCUT2D eigenvalue weighted by Gasteiger charge is -2.22. The van der Waals surface area contributed by atoms with Gasteiger partial charge in [-0.25, -0.2) is 4.98 Å². The second-order valence-electron chi connectivity index (χ2n) is 3.92. The van der Waals surface area contributed by atoms with Crippen LogP contribution in [0, 0.1) is 5.92 Å². The van der Waals surface area contributed by atoms with E-state index in [4.69, 9.17) is 10.5 Å². The van der Waals surface area contributed by atoms with E-state index in [1.165, 1.54) is 0 Å². The molecule has 4 nitrogen and oxygen atoms in total. The maximum atomic E-state index is 5.60. The van der Waals surface area contributed by atoms with Gasteiger partial charge in [0, 0.05) is 25.1 Å². The van der Waals surface area contributed by atoms with Gasteiger partial charge < -0.3 is 15.8 Å². The van der Waals surface area contributed by atoms with Crippen molar-refractivity contribution < 1.29 is 4.74 Å². The van der Waals surface area contributed by atoms with E-state index in [0.29, 0.717) is 18.3 Å². The minimum atomic E-state index is 0.289. The lowest BCUT2D eigenvalue weighted by atomic mass is 10.1. The normalized spacial score (nSPS) is 12.8. The molecule has 0 spiro atoms. The molecular weight excluding hydrogens is 190 g/mol. The van der Waals surface area contributed by atoms with Crippen molar-refractivity contribution in [2.45, 2.75) is 19.9 Å².